The van der Waals surface area contributed by atoms with Crippen LogP contribution in [0, 0.1) is 12.7 Å². The minimum Gasteiger partial charge on any atom is -0.394 e. The molecule has 0 radical (unpaired) electrons. The Morgan fingerprint density at radius 3 is 2.59 bits per heavy atom. The first-order valence-corrected chi connectivity index (χ1v) is 7.07. The summed E-state index contributed by atoms with van der Waals surface area (Å²) in [4.78, 5) is 11.9. The topological polar surface area (TPSA) is 61.4 Å². The zero-order chi connectivity index (χ0) is 15.9. The number of benzene rings is 2. The van der Waals surface area contributed by atoms with E-state index in [1.165, 1.54) is 12.1 Å². The van der Waals surface area contributed by atoms with E-state index in [2.05, 4.69) is 10.6 Å². The molecule has 0 fully saturated rings. The SMILES string of the molecule is Cc1cc(NC(=O)NC(CO)Cc2ccccc2)ccc1F. The van der Waals surface area contributed by atoms with Gasteiger partial charge in [-0.25, -0.2) is 9.18 Å². The number of carbonyl (C=O) groups excluding carboxylic acids is 1. The van der Waals surface area contributed by atoms with Gasteiger partial charge in [-0.1, -0.05) is 30.3 Å². The number of urea groups is 1. The van der Waals surface area contributed by atoms with Crippen LogP contribution in [0.5, 0.6) is 0 Å². The molecular weight excluding hydrogens is 283 g/mol. The summed E-state index contributed by atoms with van der Waals surface area (Å²) in [5.41, 5.74) is 1.99. The predicted molar refractivity (Wildman–Crippen MR) is 84.3 cm³/mol. The van der Waals surface area contributed by atoms with Gasteiger partial charge in [-0.05, 0) is 42.7 Å². The molecule has 2 amide bonds. The number of carbonyl (C=O) groups is 1. The molecule has 0 aliphatic heterocycles. The van der Waals surface area contributed by atoms with Crippen LogP contribution >= 0.6 is 0 Å². The highest BCUT2D eigenvalue weighted by Gasteiger charge is 2.12. The average Bonchev–Trinajstić information content (AvgIpc) is 2.51. The number of hydrogen-bond donors (Lipinski definition) is 3. The smallest absolute Gasteiger partial charge is 0.319 e. The highest BCUT2D eigenvalue weighted by molar-refractivity contribution is 5.89. The highest BCUT2D eigenvalue weighted by atomic mass is 19.1. The van der Waals surface area contributed by atoms with Gasteiger partial charge in [0.25, 0.3) is 0 Å². The van der Waals surface area contributed by atoms with Crippen molar-refractivity contribution in [3.63, 3.8) is 0 Å². The van der Waals surface area contributed by atoms with E-state index in [4.69, 9.17) is 0 Å². The van der Waals surface area contributed by atoms with Crippen LogP contribution in [0.3, 0.4) is 0 Å². The van der Waals surface area contributed by atoms with Crippen molar-refractivity contribution in [3.8, 4) is 0 Å². The Morgan fingerprint density at radius 2 is 1.95 bits per heavy atom. The fraction of sp³-hybridized carbons (Fsp3) is 0.235. The Bertz CT molecular complexity index is 632. The van der Waals surface area contributed by atoms with Crippen LogP contribution in [0.2, 0.25) is 0 Å². The second-order valence-corrected chi connectivity index (χ2v) is 5.13. The zero-order valence-electron chi connectivity index (χ0n) is 12.3. The molecule has 116 valence electrons. The maximum Gasteiger partial charge on any atom is 0.319 e. The van der Waals surface area contributed by atoms with Crippen LogP contribution in [0.25, 0.3) is 0 Å². The number of anilines is 1. The first kappa shape index (κ1) is 16.0. The van der Waals surface area contributed by atoms with E-state index >= 15 is 0 Å². The first-order chi connectivity index (χ1) is 10.6. The predicted octanol–water partition coefficient (Wildman–Crippen LogP) is 2.86. The number of rotatable bonds is 5. The zero-order valence-corrected chi connectivity index (χ0v) is 12.3. The molecule has 2 rings (SSSR count). The number of aliphatic hydroxyl groups excluding tert-OH is 1. The summed E-state index contributed by atoms with van der Waals surface area (Å²) in [6, 6.07) is 13.1. The third-order valence-electron chi connectivity index (χ3n) is 3.30. The van der Waals surface area contributed by atoms with E-state index in [0.29, 0.717) is 17.7 Å². The van der Waals surface area contributed by atoms with Gasteiger partial charge in [0.1, 0.15) is 5.82 Å². The molecule has 22 heavy (non-hydrogen) atoms. The molecule has 0 aliphatic rings. The second kappa shape index (κ2) is 7.56. The average molecular weight is 302 g/mol. The van der Waals surface area contributed by atoms with Crippen LogP contribution in [-0.4, -0.2) is 23.8 Å². The van der Waals surface area contributed by atoms with Gasteiger partial charge in [-0.3, -0.25) is 0 Å². The Kier molecular flexibility index (Phi) is 5.49. The maximum atomic E-state index is 13.2. The minimum atomic E-state index is -0.430. The monoisotopic (exact) mass is 302 g/mol. The fourth-order valence-corrected chi connectivity index (χ4v) is 2.13. The van der Waals surface area contributed by atoms with Gasteiger partial charge in [-0.2, -0.15) is 0 Å². The molecule has 0 saturated carbocycles. The largest absolute Gasteiger partial charge is 0.394 e. The molecule has 0 bridgehead atoms. The second-order valence-electron chi connectivity index (χ2n) is 5.13. The van der Waals surface area contributed by atoms with Crippen molar-refractivity contribution in [2.75, 3.05) is 11.9 Å². The molecule has 4 nitrogen and oxygen atoms in total. The molecule has 5 heteroatoms. The first-order valence-electron chi connectivity index (χ1n) is 7.07. The number of nitrogens with one attached hydrogen (secondary N) is 2. The van der Waals surface area contributed by atoms with Gasteiger partial charge in [0.05, 0.1) is 12.6 Å². The molecule has 0 aliphatic carbocycles. The number of halogens is 1. The third kappa shape index (κ3) is 4.56. The lowest BCUT2D eigenvalue weighted by molar-refractivity contribution is 0.224. The maximum absolute atomic E-state index is 13.2. The summed E-state index contributed by atoms with van der Waals surface area (Å²) >= 11 is 0. The Morgan fingerprint density at radius 1 is 1.23 bits per heavy atom. The molecule has 3 N–H and O–H groups in total. The van der Waals surface area contributed by atoms with Crippen LogP contribution in [-0.2, 0) is 6.42 Å². The van der Waals surface area contributed by atoms with Crippen molar-refractivity contribution in [1.82, 2.24) is 5.32 Å². The summed E-state index contributed by atoms with van der Waals surface area (Å²) in [6.45, 7) is 1.47. The van der Waals surface area contributed by atoms with E-state index in [0.717, 1.165) is 5.56 Å². The lowest BCUT2D eigenvalue weighted by Crippen LogP contribution is -2.41. The van der Waals surface area contributed by atoms with Gasteiger partial charge < -0.3 is 15.7 Å². The van der Waals surface area contributed by atoms with Crippen molar-refractivity contribution in [2.24, 2.45) is 0 Å². The molecule has 2 aromatic carbocycles. The van der Waals surface area contributed by atoms with Crippen molar-refractivity contribution in [2.45, 2.75) is 19.4 Å². The summed E-state index contributed by atoms with van der Waals surface area (Å²) in [5, 5.41) is 14.7. The quantitative estimate of drug-likeness (QED) is 0.795. The molecule has 0 aromatic heterocycles. The Hall–Kier alpha value is -2.40. The Balaban J connectivity index is 1.93. The van der Waals surface area contributed by atoms with Crippen molar-refractivity contribution < 1.29 is 14.3 Å². The molecule has 0 heterocycles. The van der Waals surface area contributed by atoms with Gasteiger partial charge in [-0.15, -0.1) is 0 Å². The number of aliphatic hydroxyl groups is 1. The van der Waals surface area contributed by atoms with Crippen molar-refractivity contribution in [3.05, 3.63) is 65.5 Å². The van der Waals surface area contributed by atoms with E-state index in [1.54, 1.807) is 13.0 Å². The van der Waals surface area contributed by atoms with E-state index in [-0.39, 0.29) is 18.5 Å². The van der Waals surface area contributed by atoms with Crippen LogP contribution in [0.1, 0.15) is 11.1 Å². The minimum absolute atomic E-state index is 0.162. The molecule has 2 aromatic rings. The molecule has 0 saturated heterocycles. The summed E-state index contributed by atoms with van der Waals surface area (Å²) in [7, 11) is 0. The van der Waals surface area contributed by atoms with Gasteiger partial charge in [0, 0.05) is 5.69 Å². The van der Waals surface area contributed by atoms with Crippen LogP contribution in [0.4, 0.5) is 14.9 Å². The van der Waals surface area contributed by atoms with E-state index in [1.807, 2.05) is 30.3 Å². The van der Waals surface area contributed by atoms with Crippen molar-refractivity contribution >= 4 is 11.7 Å². The lowest BCUT2D eigenvalue weighted by atomic mass is 10.1. The van der Waals surface area contributed by atoms with Gasteiger partial charge >= 0.3 is 6.03 Å². The summed E-state index contributed by atoms with van der Waals surface area (Å²) < 4.78 is 13.2. The fourth-order valence-electron chi connectivity index (χ4n) is 2.13. The normalized spacial score (nSPS) is 11.8. The van der Waals surface area contributed by atoms with Gasteiger partial charge in [0.15, 0.2) is 0 Å². The molecule has 1 unspecified atom stereocenters. The molecule has 1 atom stereocenters. The van der Waals surface area contributed by atoms with Gasteiger partial charge in [0.2, 0.25) is 0 Å². The van der Waals surface area contributed by atoms with Crippen LogP contribution in [0.15, 0.2) is 48.5 Å². The number of aryl methyl sites for hydroxylation is 1. The number of amides is 2. The lowest BCUT2D eigenvalue weighted by Gasteiger charge is -2.17. The Labute approximate surface area is 129 Å². The third-order valence-corrected chi connectivity index (χ3v) is 3.30. The van der Waals surface area contributed by atoms with Crippen LogP contribution < -0.4 is 10.6 Å². The molecular formula is C17H19FN2O2. The summed E-state index contributed by atoms with van der Waals surface area (Å²) in [6.07, 6.45) is 0.535. The highest BCUT2D eigenvalue weighted by Crippen LogP contribution is 2.13. The molecule has 0 spiro atoms. The standard InChI is InChI=1S/C17H19FN2O2/c1-12-9-14(7-8-16(12)18)19-17(22)20-15(11-21)10-13-5-3-2-4-6-13/h2-9,15,21H,10-11H2,1H3,(H2,19,20,22). The van der Waals surface area contributed by atoms with E-state index in [9.17, 15) is 14.3 Å². The number of hydrogen-bond acceptors (Lipinski definition) is 2. The summed E-state index contributed by atoms with van der Waals surface area (Å²) in [5.74, 6) is -0.316. The van der Waals surface area contributed by atoms with Crippen molar-refractivity contribution in [1.29, 1.82) is 0 Å². The van der Waals surface area contributed by atoms with E-state index < -0.39 is 6.03 Å².